The Morgan fingerprint density at radius 3 is 1.00 bits per heavy atom. The summed E-state index contributed by atoms with van der Waals surface area (Å²) in [4.78, 5) is 37.2. The largest absolute Gasteiger partial charge is 0.494 e. The van der Waals surface area contributed by atoms with E-state index in [1.54, 1.807) is 131 Å². The smallest absolute Gasteiger partial charge is 0.278 e. The molecule has 11 heterocycles. The van der Waals surface area contributed by atoms with E-state index in [2.05, 4.69) is 49.8 Å². The SMILES string of the molecule is CC(C)Oc1ccncc1N.CC(F)(F)COc1ccncc1N.CCOc1ccncc1N.COc1ccncc1N.Nc1cnccc1OC1CCC1.Nc1cnccc1OC1CCC1.Nc1cnccc1OC1CCCC1.Nc1cnccc1OCC1CC1.Nc1cnccc1O[C@H]1CCCN(C2COC2)C1. The van der Waals surface area contributed by atoms with Gasteiger partial charge in [-0.1, -0.05) is 0 Å². The second-order valence-electron chi connectivity index (χ2n) is 26.6. The second kappa shape index (κ2) is 46.7. The number of halogens is 2. The number of hydrogen-bond acceptors (Lipinski definition) is 29. The van der Waals surface area contributed by atoms with Gasteiger partial charge >= 0.3 is 0 Å². The summed E-state index contributed by atoms with van der Waals surface area (Å²) in [6.45, 7) is 11.2. The number of pyridine rings is 9. The number of likely N-dealkylation sites (tertiary alicyclic amines) is 1. The molecule has 9 aromatic heterocycles. The molecule has 4 saturated carbocycles. The minimum Gasteiger partial charge on any atom is -0.494 e. The zero-order valence-electron chi connectivity index (χ0n) is 63.5. The van der Waals surface area contributed by atoms with Crippen molar-refractivity contribution in [1.29, 1.82) is 0 Å². The zero-order valence-corrected chi connectivity index (χ0v) is 63.5. The van der Waals surface area contributed by atoms with E-state index >= 15 is 0 Å². The molecule has 9 aromatic rings. The summed E-state index contributed by atoms with van der Waals surface area (Å²) >= 11 is 0. The van der Waals surface area contributed by atoms with Gasteiger partial charge in [-0.2, -0.15) is 0 Å². The summed E-state index contributed by atoms with van der Waals surface area (Å²) in [7, 11) is 1.58. The molecule has 0 unspecified atom stereocenters. The number of anilines is 9. The first-order valence-electron chi connectivity index (χ1n) is 36.9. The number of nitrogens with two attached hydrogens (primary N) is 9. The van der Waals surface area contributed by atoms with Crippen molar-refractivity contribution in [2.75, 3.05) is 105 Å². The molecular weight excluding hydrogens is 1410 g/mol. The Kier molecular flexibility index (Phi) is 36.4. The average Bonchev–Trinajstić information content (AvgIpc) is 1.01. The number of nitrogen functional groups attached to an aromatic ring is 9. The van der Waals surface area contributed by atoms with Crippen LogP contribution in [0.4, 0.5) is 60.0 Å². The fraction of sp³-hybridized carbons (Fsp3) is 0.430. The molecule has 6 fully saturated rings. The first kappa shape index (κ1) is 85.8. The number of ether oxygens (including phenoxy) is 10. The Labute approximate surface area is 643 Å². The molecule has 31 heteroatoms. The molecule has 1 atom stereocenters. The third kappa shape index (κ3) is 32.2. The van der Waals surface area contributed by atoms with Gasteiger partial charge < -0.3 is 99.0 Å². The fourth-order valence-electron chi connectivity index (χ4n) is 10.3. The topological polar surface area (TPSA) is 446 Å². The minimum atomic E-state index is -2.85. The molecule has 18 N–H and O–H groups in total. The predicted molar refractivity (Wildman–Crippen MR) is 425 cm³/mol. The molecule has 0 aromatic carbocycles. The first-order valence-corrected chi connectivity index (χ1v) is 36.9. The Bertz CT molecular complexity index is 4010. The molecule has 4 aliphatic carbocycles. The van der Waals surface area contributed by atoms with Crippen LogP contribution < -0.4 is 94.2 Å². The van der Waals surface area contributed by atoms with Gasteiger partial charge in [0, 0.05) is 124 Å². The lowest BCUT2D eigenvalue weighted by Gasteiger charge is -2.41. The molecule has 6 aliphatic rings. The summed E-state index contributed by atoms with van der Waals surface area (Å²) in [6.07, 6.45) is 47.5. The van der Waals surface area contributed by atoms with Gasteiger partial charge in [-0.05, 0) is 123 Å². The number of hydrogen-bond donors (Lipinski definition) is 9. The van der Waals surface area contributed by atoms with Crippen LogP contribution in [0.15, 0.2) is 166 Å². The van der Waals surface area contributed by atoms with Gasteiger partial charge in [0.2, 0.25) is 0 Å². The lowest BCUT2D eigenvalue weighted by atomic mass is 9.96. The minimum absolute atomic E-state index is 0.152. The van der Waals surface area contributed by atoms with Crippen molar-refractivity contribution in [2.45, 2.75) is 160 Å². The lowest BCUT2D eigenvalue weighted by Crippen LogP contribution is -2.54. The summed E-state index contributed by atoms with van der Waals surface area (Å²) in [5.41, 5.74) is 55.6. The van der Waals surface area contributed by atoms with Gasteiger partial charge in [-0.3, -0.25) is 49.8 Å². The third-order valence-electron chi connectivity index (χ3n) is 17.0. The van der Waals surface area contributed by atoms with Crippen LogP contribution in [0.2, 0.25) is 0 Å². The maximum absolute atomic E-state index is 12.4. The van der Waals surface area contributed by atoms with Crippen molar-refractivity contribution in [3.8, 4) is 51.7 Å². The number of aromatic nitrogens is 9. The molecule has 2 aliphatic heterocycles. The number of piperidine rings is 1. The van der Waals surface area contributed by atoms with Gasteiger partial charge in [-0.25, -0.2) is 8.78 Å². The molecule has 29 nitrogen and oxygen atoms in total. The van der Waals surface area contributed by atoms with Gasteiger partial charge in [0.15, 0.2) is 6.61 Å². The number of rotatable bonds is 20. The van der Waals surface area contributed by atoms with Crippen LogP contribution in [0, 0.1) is 5.92 Å². The van der Waals surface area contributed by atoms with Crippen molar-refractivity contribution < 1.29 is 56.1 Å². The fourth-order valence-corrected chi connectivity index (χ4v) is 10.3. The van der Waals surface area contributed by atoms with Gasteiger partial charge in [-0.15, -0.1) is 0 Å². The van der Waals surface area contributed by atoms with E-state index in [-0.39, 0.29) is 23.6 Å². The van der Waals surface area contributed by atoms with Gasteiger partial charge in [0.05, 0.1) is 171 Å². The van der Waals surface area contributed by atoms with E-state index < -0.39 is 12.5 Å². The Morgan fingerprint density at radius 2 is 0.718 bits per heavy atom. The van der Waals surface area contributed by atoms with Crippen molar-refractivity contribution in [3.05, 3.63) is 166 Å². The first-order chi connectivity index (χ1) is 53.1. The average molecular weight is 1520 g/mol. The van der Waals surface area contributed by atoms with Crippen LogP contribution in [-0.2, 0) is 4.74 Å². The standard InChI is InChI=1S/C13H19N3O2.C10H14N2O.3C9H12N2O.C8H10F2N2O.C8H12N2O.C7H10N2O.C6H8N2O/c14-12-6-15-4-3-13(12)18-11-2-1-5-16(7-11)10-8-17-9-10;11-9-7-12-6-5-10(9)13-8-3-1-2-4-8;10-8-5-11-4-3-9(8)12-6-7-1-2-7;2*10-8-6-11-5-4-9(8)12-7-2-1-3-7;1-8(9,10)5-13-7-2-3-12-4-6(7)11;1-6(2)11-8-3-4-10-5-7(8)9;1-2-10-7-3-4-9-5-6(7)8;1-9-6-2-3-8-4-5(6)7/h3-4,6,10-11H,1-2,5,7-9,14H2;5-8H,1-4,11H2;3-5,7H,1-2,6,10H2;2*4-7H,1-3,10H2;2-4H,5,11H2,1H3;3-6H,9H2,1-2H3;3-5H,2,8H2,1H3;2-4H,7H2,1H3/t11-;;;;;;;;/m0......../s1. The second-order valence-corrected chi connectivity index (χ2v) is 26.6. The van der Waals surface area contributed by atoms with E-state index in [0.29, 0.717) is 93.7 Å². The summed E-state index contributed by atoms with van der Waals surface area (Å²) in [6, 6.07) is 16.4. The molecule has 0 amide bonds. The maximum Gasteiger partial charge on any atom is 0.278 e. The monoisotopic (exact) mass is 1520 g/mol. The highest BCUT2D eigenvalue weighted by molar-refractivity contribution is 5.54. The predicted octanol–water partition coefficient (Wildman–Crippen LogP) is 12.4. The van der Waals surface area contributed by atoms with Crippen LogP contribution in [0.5, 0.6) is 51.7 Å². The quantitative estimate of drug-likeness (QED) is 0.0342. The molecule has 0 spiro atoms. The molecule has 0 radical (unpaired) electrons. The highest BCUT2D eigenvalue weighted by Gasteiger charge is 2.32. The van der Waals surface area contributed by atoms with Crippen LogP contribution in [-0.4, -0.2) is 145 Å². The summed E-state index contributed by atoms with van der Waals surface area (Å²) in [5.74, 6) is 4.06. The van der Waals surface area contributed by atoms with Crippen LogP contribution >= 0.6 is 0 Å². The number of alkyl halides is 2. The molecule has 0 bridgehead atoms. The van der Waals surface area contributed by atoms with E-state index in [1.807, 2.05) is 45.0 Å². The van der Waals surface area contributed by atoms with E-state index in [0.717, 1.165) is 119 Å². The van der Waals surface area contributed by atoms with Crippen LogP contribution in [0.25, 0.3) is 0 Å². The molecule has 110 heavy (non-hydrogen) atoms. The zero-order chi connectivity index (χ0) is 78.9. The maximum atomic E-state index is 12.4. The molecular formula is C79H109F2N19O10. The molecule has 15 rings (SSSR count). The summed E-state index contributed by atoms with van der Waals surface area (Å²) in [5, 5.41) is 0. The lowest BCUT2D eigenvalue weighted by molar-refractivity contribution is -0.0824. The van der Waals surface area contributed by atoms with Crippen molar-refractivity contribution in [3.63, 3.8) is 0 Å². The third-order valence-corrected chi connectivity index (χ3v) is 17.0. The van der Waals surface area contributed by atoms with Gasteiger partial charge in [0.25, 0.3) is 5.92 Å². The van der Waals surface area contributed by atoms with Crippen molar-refractivity contribution >= 4 is 51.2 Å². The number of methoxy groups -OCH3 is 1. The van der Waals surface area contributed by atoms with E-state index in [4.69, 9.17) is 99.0 Å². The molecule has 594 valence electrons. The van der Waals surface area contributed by atoms with Crippen LogP contribution in [0.3, 0.4) is 0 Å². The Balaban J connectivity index is 0.000000173. The Hall–Kier alpha value is -11.5. The highest BCUT2D eigenvalue weighted by atomic mass is 19.3. The van der Waals surface area contributed by atoms with Gasteiger partial charge in [0.1, 0.15) is 57.8 Å². The van der Waals surface area contributed by atoms with E-state index in [1.165, 1.54) is 63.4 Å². The van der Waals surface area contributed by atoms with Crippen molar-refractivity contribution in [2.24, 2.45) is 5.92 Å². The van der Waals surface area contributed by atoms with E-state index in [9.17, 15) is 8.78 Å². The summed E-state index contributed by atoms with van der Waals surface area (Å²) < 4.78 is 78.6. The highest BCUT2D eigenvalue weighted by Crippen LogP contribution is 2.33. The Morgan fingerprint density at radius 1 is 0.409 bits per heavy atom. The number of nitrogens with zero attached hydrogens (tertiary/aromatic N) is 10. The van der Waals surface area contributed by atoms with Crippen molar-refractivity contribution in [1.82, 2.24) is 49.8 Å². The molecule has 2 saturated heterocycles. The van der Waals surface area contributed by atoms with Crippen LogP contribution in [0.1, 0.15) is 118 Å². The normalized spacial score (nSPS) is 15.7.